The topological polar surface area (TPSA) is 55.6 Å². The highest BCUT2D eigenvalue weighted by molar-refractivity contribution is 7.99. The fourth-order valence-corrected chi connectivity index (χ4v) is 3.39. The number of rotatable bonds is 5. The Morgan fingerprint density at radius 3 is 2.33 bits per heavy atom. The number of nitrogens with one attached hydrogen (secondary N) is 1. The minimum atomic E-state index is 0.681. The minimum absolute atomic E-state index is 0.681. The Balaban J connectivity index is 1.51. The Kier molecular flexibility index (Phi) is 4.89. The van der Waals surface area contributed by atoms with Gasteiger partial charge in [-0.3, -0.25) is 0 Å². The van der Waals surface area contributed by atoms with Crippen LogP contribution in [0.5, 0.6) is 0 Å². The van der Waals surface area contributed by atoms with Crippen LogP contribution in [-0.4, -0.2) is 20.0 Å². The summed E-state index contributed by atoms with van der Waals surface area (Å²) in [5, 5.41) is 17.4. The third-order valence-electron chi connectivity index (χ3n) is 3.97. The van der Waals surface area contributed by atoms with E-state index in [1.54, 1.807) is 11.8 Å². The smallest absolute Gasteiger partial charge is 0.154 e. The molecule has 0 amide bonds. The van der Waals surface area contributed by atoms with Crippen LogP contribution in [0.25, 0.3) is 5.69 Å². The molecule has 6 heteroatoms. The molecule has 0 atom stereocenters. The number of hydrogen-bond acceptors (Lipinski definition) is 5. The standard InChI is InChI=1S/C21H19N5S/c1-15-8-10-18(11-9-15)27-21-13-12-19(23-24-21)22-20-14-16(2)25-26(20)17-6-4-3-5-7-17/h3-14H,1-2H3,(H,22,23). The summed E-state index contributed by atoms with van der Waals surface area (Å²) in [5.41, 5.74) is 3.17. The van der Waals surface area contributed by atoms with Crippen molar-refractivity contribution in [2.45, 2.75) is 23.8 Å². The molecule has 5 nitrogen and oxygen atoms in total. The summed E-state index contributed by atoms with van der Waals surface area (Å²) in [6.45, 7) is 4.05. The predicted molar refractivity (Wildman–Crippen MR) is 109 cm³/mol. The maximum atomic E-state index is 4.56. The van der Waals surface area contributed by atoms with Crippen LogP contribution in [0.1, 0.15) is 11.3 Å². The summed E-state index contributed by atoms with van der Waals surface area (Å²) in [6.07, 6.45) is 0. The third-order valence-corrected chi connectivity index (χ3v) is 4.91. The summed E-state index contributed by atoms with van der Waals surface area (Å²) in [4.78, 5) is 1.15. The van der Waals surface area contributed by atoms with Crippen molar-refractivity contribution in [3.05, 3.63) is 84.1 Å². The Labute approximate surface area is 162 Å². The van der Waals surface area contributed by atoms with Crippen LogP contribution < -0.4 is 5.32 Å². The van der Waals surface area contributed by atoms with E-state index < -0.39 is 0 Å². The first-order valence-corrected chi connectivity index (χ1v) is 9.46. The second-order valence-electron chi connectivity index (χ2n) is 6.22. The Morgan fingerprint density at radius 1 is 0.852 bits per heavy atom. The van der Waals surface area contributed by atoms with E-state index in [0.717, 1.165) is 27.1 Å². The van der Waals surface area contributed by atoms with Crippen LogP contribution in [-0.2, 0) is 0 Å². The molecule has 0 spiro atoms. The molecule has 0 unspecified atom stereocenters. The highest BCUT2D eigenvalue weighted by atomic mass is 32.2. The molecule has 0 saturated heterocycles. The van der Waals surface area contributed by atoms with Crippen molar-refractivity contribution < 1.29 is 0 Å². The van der Waals surface area contributed by atoms with Crippen LogP contribution in [0.3, 0.4) is 0 Å². The third kappa shape index (κ3) is 4.17. The fraction of sp³-hybridized carbons (Fsp3) is 0.0952. The largest absolute Gasteiger partial charge is 0.323 e. The van der Waals surface area contributed by atoms with Gasteiger partial charge in [0.2, 0.25) is 0 Å². The Bertz CT molecular complexity index is 1020. The first-order valence-electron chi connectivity index (χ1n) is 8.65. The molecule has 4 aromatic rings. The average molecular weight is 373 g/mol. The Morgan fingerprint density at radius 2 is 1.63 bits per heavy atom. The normalized spacial score (nSPS) is 10.7. The van der Waals surface area contributed by atoms with Crippen LogP contribution in [0.2, 0.25) is 0 Å². The average Bonchev–Trinajstić information content (AvgIpc) is 3.06. The molecule has 134 valence electrons. The molecular formula is C21H19N5S. The quantitative estimate of drug-likeness (QED) is 0.523. The van der Waals surface area contributed by atoms with Crippen LogP contribution in [0, 0.1) is 13.8 Å². The van der Waals surface area contributed by atoms with Crippen LogP contribution in [0.4, 0.5) is 11.6 Å². The lowest BCUT2D eigenvalue weighted by Gasteiger charge is -2.09. The number of nitrogens with zero attached hydrogens (tertiary/aromatic N) is 4. The molecule has 2 aromatic heterocycles. The summed E-state index contributed by atoms with van der Waals surface area (Å²) >= 11 is 1.60. The van der Waals surface area contributed by atoms with E-state index in [0.29, 0.717) is 5.82 Å². The molecule has 27 heavy (non-hydrogen) atoms. The SMILES string of the molecule is Cc1ccc(Sc2ccc(Nc3cc(C)nn3-c3ccccc3)nn2)cc1. The number of anilines is 2. The van der Waals surface area contributed by atoms with Gasteiger partial charge in [-0.15, -0.1) is 10.2 Å². The first kappa shape index (κ1) is 17.3. The van der Waals surface area contributed by atoms with Gasteiger partial charge >= 0.3 is 0 Å². The first-order chi connectivity index (χ1) is 13.2. The number of benzene rings is 2. The van der Waals surface area contributed by atoms with E-state index in [2.05, 4.69) is 51.8 Å². The summed E-state index contributed by atoms with van der Waals surface area (Å²) in [6, 6.07) is 24.3. The molecule has 2 heterocycles. The van der Waals surface area contributed by atoms with Crippen molar-refractivity contribution >= 4 is 23.4 Å². The second-order valence-corrected chi connectivity index (χ2v) is 7.31. The van der Waals surface area contributed by atoms with Crippen molar-refractivity contribution in [2.75, 3.05) is 5.32 Å². The van der Waals surface area contributed by atoms with E-state index in [1.807, 2.05) is 60.1 Å². The second kappa shape index (κ2) is 7.63. The van der Waals surface area contributed by atoms with Gasteiger partial charge in [-0.2, -0.15) is 5.10 Å². The molecule has 1 N–H and O–H groups in total. The monoisotopic (exact) mass is 373 g/mol. The number of aryl methyl sites for hydroxylation is 2. The molecule has 4 rings (SSSR count). The highest BCUT2D eigenvalue weighted by Crippen LogP contribution is 2.27. The summed E-state index contributed by atoms with van der Waals surface area (Å²) in [7, 11) is 0. The summed E-state index contributed by atoms with van der Waals surface area (Å²) < 4.78 is 1.87. The summed E-state index contributed by atoms with van der Waals surface area (Å²) in [5.74, 6) is 1.53. The minimum Gasteiger partial charge on any atom is -0.323 e. The number of aromatic nitrogens is 4. The molecule has 0 radical (unpaired) electrons. The molecular weight excluding hydrogens is 354 g/mol. The van der Waals surface area contributed by atoms with E-state index in [1.165, 1.54) is 5.56 Å². The lowest BCUT2D eigenvalue weighted by atomic mass is 10.2. The number of para-hydroxylation sites is 1. The van der Waals surface area contributed by atoms with E-state index in [9.17, 15) is 0 Å². The lowest BCUT2D eigenvalue weighted by Crippen LogP contribution is -2.04. The molecule has 0 bridgehead atoms. The van der Waals surface area contributed by atoms with Crippen LogP contribution in [0.15, 0.2) is 82.7 Å². The van der Waals surface area contributed by atoms with Gasteiger partial charge in [0.15, 0.2) is 5.82 Å². The molecule has 0 aliphatic heterocycles. The van der Waals surface area contributed by atoms with Crippen LogP contribution >= 0.6 is 11.8 Å². The van der Waals surface area contributed by atoms with Crippen molar-refractivity contribution in [3.63, 3.8) is 0 Å². The van der Waals surface area contributed by atoms with E-state index in [-0.39, 0.29) is 0 Å². The molecule has 0 aliphatic carbocycles. The van der Waals surface area contributed by atoms with E-state index in [4.69, 9.17) is 0 Å². The predicted octanol–water partition coefficient (Wildman–Crippen LogP) is 5.17. The van der Waals surface area contributed by atoms with Gasteiger partial charge in [-0.1, -0.05) is 47.7 Å². The molecule has 0 aliphatic rings. The van der Waals surface area contributed by atoms with Gasteiger partial charge in [0, 0.05) is 11.0 Å². The van der Waals surface area contributed by atoms with Crippen molar-refractivity contribution in [1.82, 2.24) is 20.0 Å². The highest BCUT2D eigenvalue weighted by Gasteiger charge is 2.09. The molecule has 0 fully saturated rings. The molecule has 0 saturated carbocycles. The van der Waals surface area contributed by atoms with Gasteiger partial charge in [0.25, 0.3) is 0 Å². The zero-order valence-corrected chi connectivity index (χ0v) is 15.9. The lowest BCUT2D eigenvalue weighted by molar-refractivity contribution is 0.864. The fourth-order valence-electron chi connectivity index (χ4n) is 2.65. The number of hydrogen-bond donors (Lipinski definition) is 1. The van der Waals surface area contributed by atoms with Crippen molar-refractivity contribution in [1.29, 1.82) is 0 Å². The van der Waals surface area contributed by atoms with Gasteiger partial charge in [0.05, 0.1) is 11.4 Å². The van der Waals surface area contributed by atoms with Gasteiger partial charge < -0.3 is 5.32 Å². The van der Waals surface area contributed by atoms with Gasteiger partial charge in [-0.25, -0.2) is 4.68 Å². The van der Waals surface area contributed by atoms with Gasteiger partial charge in [-0.05, 0) is 50.2 Å². The zero-order valence-electron chi connectivity index (χ0n) is 15.1. The van der Waals surface area contributed by atoms with E-state index >= 15 is 0 Å². The molecule has 2 aromatic carbocycles. The van der Waals surface area contributed by atoms with Crippen molar-refractivity contribution in [3.8, 4) is 5.69 Å². The van der Waals surface area contributed by atoms with Crippen molar-refractivity contribution in [2.24, 2.45) is 0 Å². The Hall–Kier alpha value is -3.12. The zero-order chi connectivity index (χ0) is 18.6. The van der Waals surface area contributed by atoms with Gasteiger partial charge in [0.1, 0.15) is 10.8 Å². The maximum absolute atomic E-state index is 4.56. The maximum Gasteiger partial charge on any atom is 0.154 e.